The molecule has 2 bridgehead atoms. The van der Waals surface area contributed by atoms with Gasteiger partial charge in [-0.1, -0.05) is 20.8 Å². The average Bonchev–Trinajstić information content (AvgIpc) is 2.29. The maximum absolute atomic E-state index is 5.51. The molecule has 16 heavy (non-hydrogen) atoms. The van der Waals surface area contributed by atoms with E-state index in [1.807, 2.05) is 0 Å². The summed E-state index contributed by atoms with van der Waals surface area (Å²) in [5.74, 6) is 1.84. The topological polar surface area (TPSA) is 12.5 Å². The molecular weight excluding hydrogens is 198 g/mol. The molecule has 0 spiro atoms. The van der Waals surface area contributed by atoms with Crippen LogP contribution in [0.5, 0.6) is 0 Å². The van der Waals surface area contributed by atoms with Crippen molar-refractivity contribution in [1.29, 1.82) is 0 Å². The van der Waals surface area contributed by atoms with Gasteiger partial charge in [0.1, 0.15) is 0 Å². The van der Waals surface area contributed by atoms with Crippen LogP contribution in [0.15, 0.2) is 0 Å². The number of ether oxygens (including phenoxy) is 1. The van der Waals surface area contributed by atoms with Gasteiger partial charge in [-0.05, 0) is 36.5 Å². The molecule has 1 aliphatic heterocycles. The molecule has 0 N–H and O–H groups in total. The van der Waals surface area contributed by atoms with Crippen LogP contribution in [0.4, 0.5) is 0 Å². The molecule has 1 heterocycles. The van der Waals surface area contributed by atoms with Gasteiger partial charge < -0.3 is 4.74 Å². The minimum absolute atomic E-state index is 0.500. The third-order valence-corrected chi connectivity index (χ3v) is 6.03. The van der Waals surface area contributed by atoms with E-state index < -0.39 is 0 Å². The van der Waals surface area contributed by atoms with Crippen molar-refractivity contribution in [1.82, 2.24) is 4.90 Å². The first kappa shape index (κ1) is 11.0. The van der Waals surface area contributed by atoms with E-state index in [4.69, 9.17) is 4.74 Å². The average molecular weight is 223 g/mol. The quantitative estimate of drug-likeness (QED) is 0.677. The maximum atomic E-state index is 5.51. The fraction of sp³-hybridized carbons (Fsp3) is 1.00. The van der Waals surface area contributed by atoms with E-state index in [0.717, 1.165) is 38.1 Å². The summed E-state index contributed by atoms with van der Waals surface area (Å²) in [4.78, 5) is 2.76. The fourth-order valence-corrected chi connectivity index (χ4v) is 4.92. The highest BCUT2D eigenvalue weighted by Crippen LogP contribution is 2.66. The molecule has 0 aromatic heterocycles. The van der Waals surface area contributed by atoms with Crippen molar-refractivity contribution in [3.8, 4) is 0 Å². The highest BCUT2D eigenvalue weighted by molar-refractivity contribution is 5.19. The molecule has 3 atom stereocenters. The van der Waals surface area contributed by atoms with E-state index >= 15 is 0 Å². The van der Waals surface area contributed by atoms with Gasteiger partial charge in [0.2, 0.25) is 0 Å². The number of hydrogen-bond acceptors (Lipinski definition) is 2. The summed E-state index contributed by atoms with van der Waals surface area (Å²) in [5.41, 5.74) is 1.03. The van der Waals surface area contributed by atoms with Crippen molar-refractivity contribution in [2.75, 3.05) is 26.3 Å². The Bertz CT molecular complexity index is 282. The van der Waals surface area contributed by atoms with Crippen molar-refractivity contribution in [2.24, 2.45) is 17.3 Å². The Morgan fingerprint density at radius 3 is 2.38 bits per heavy atom. The molecule has 1 saturated heterocycles. The lowest BCUT2D eigenvalue weighted by atomic mass is 9.40. The van der Waals surface area contributed by atoms with Gasteiger partial charge >= 0.3 is 0 Å². The molecule has 4 rings (SSSR count). The zero-order chi connectivity index (χ0) is 11.4. The zero-order valence-corrected chi connectivity index (χ0v) is 11.0. The molecule has 4 aliphatic rings. The Morgan fingerprint density at radius 2 is 1.81 bits per heavy atom. The number of hydrogen-bond donors (Lipinski definition) is 0. The summed E-state index contributed by atoms with van der Waals surface area (Å²) in [7, 11) is 0. The SMILES string of the molecule is CC1CCC2CC1(N1CCOCC1)C2(C)C. The maximum Gasteiger partial charge on any atom is 0.0594 e. The Morgan fingerprint density at radius 1 is 1.12 bits per heavy atom. The number of fused-ring (bicyclic) bond motifs is 2. The van der Waals surface area contributed by atoms with E-state index in [9.17, 15) is 0 Å². The summed E-state index contributed by atoms with van der Waals surface area (Å²) >= 11 is 0. The minimum atomic E-state index is 0.500. The monoisotopic (exact) mass is 223 g/mol. The fourth-order valence-electron chi connectivity index (χ4n) is 4.92. The van der Waals surface area contributed by atoms with Crippen LogP contribution in [0, 0.1) is 17.3 Å². The van der Waals surface area contributed by atoms with Gasteiger partial charge in [0.25, 0.3) is 0 Å². The first-order chi connectivity index (χ1) is 7.59. The van der Waals surface area contributed by atoms with Gasteiger partial charge in [-0.25, -0.2) is 0 Å². The van der Waals surface area contributed by atoms with Gasteiger partial charge in [-0.15, -0.1) is 0 Å². The highest BCUT2D eigenvalue weighted by atomic mass is 16.5. The van der Waals surface area contributed by atoms with Crippen molar-refractivity contribution in [3.05, 3.63) is 0 Å². The summed E-state index contributed by atoms with van der Waals surface area (Å²) in [5, 5.41) is 0. The Hall–Kier alpha value is -0.0800. The highest BCUT2D eigenvalue weighted by Gasteiger charge is 2.66. The zero-order valence-electron chi connectivity index (χ0n) is 11.0. The second kappa shape index (κ2) is 3.46. The minimum Gasteiger partial charge on any atom is -0.379 e. The van der Waals surface area contributed by atoms with Crippen LogP contribution in [0.3, 0.4) is 0 Å². The van der Waals surface area contributed by atoms with Crippen molar-refractivity contribution >= 4 is 0 Å². The first-order valence-electron chi connectivity index (χ1n) is 6.92. The molecule has 0 aromatic rings. The lowest BCUT2D eigenvalue weighted by molar-refractivity contribution is -0.225. The van der Waals surface area contributed by atoms with Crippen LogP contribution in [0.2, 0.25) is 0 Å². The third-order valence-electron chi connectivity index (χ3n) is 6.03. The second-order valence-electron chi connectivity index (χ2n) is 6.62. The number of rotatable bonds is 1. The molecule has 3 aliphatic carbocycles. The van der Waals surface area contributed by atoms with Crippen LogP contribution in [-0.2, 0) is 4.74 Å². The first-order valence-corrected chi connectivity index (χ1v) is 6.92. The van der Waals surface area contributed by atoms with Crippen LogP contribution < -0.4 is 0 Å². The second-order valence-corrected chi connectivity index (χ2v) is 6.62. The van der Waals surface area contributed by atoms with Crippen molar-refractivity contribution in [3.63, 3.8) is 0 Å². The normalized spacial score (nSPS) is 47.4. The summed E-state index contributed by atoms with van der Waals surface area (Å²) < 4.78 is 5.51. The van der Waals surface area contributed by atoms with Gasteiger partial charge in [0.15, 0.2) is 0 Å². The molecule has 0 aromatic carbocycles. The number of nitrogens with zero attached hydrogens (tertiary/aromatic N) is 1. The van der Waals surface area contributed by atoms with E-state index in [2.05, 4.69) is 25.7 Å². The molecule has 3 saturated carbocycles. The molecule has 0 amide bonds. The summed E-state index contributed by atoms with van der Waals surface area (Å²) in [6.07, 6.45) is 4.34. The Labute approximate surface area is 99.3 Å². The predicted octanol–water partition coefficient (Wildman–Crippen LogP) is 2.53. The summed E-state index contributed by atoms with van der Waals surface area (Å²) in [6, 6.07) is 0. The third kappa shape index (κ3) is 1.15. The van der Waals surface area contributed by atoms with Crippen LogP contribution in [-0.4, -0.2) is 36.7 Å². The molecule has 3 unspecified atom stereocenters. The van der Waals surface area contributed by atoms with Crippen LogP contribution >= 0.6 is 0 Å². The van der Waals surface area contributed by atoms with Gasteiger partial charge in [0, 0.05) is 18.6 Å². The predicted molar refractivity (Wildman–Crippen MR) is 65.4 cm³/mol. The van der Waals surface area contributed by atoms with E-state index in [0.29, 0.717) is 11.0 Å². The van der Waals surface area contributed by atoms with Gasteiger partial charge in [-0.3, -0.25) is 4.90 Å². The van der Waals surface area contributed by atoms with E-state index in [-0.39, 0.29) is 0 Å². The van der Waals surface area contributed by atoms with E-state index in [1.54, 1.807) is 0 Å². The van der Waals surface area contributed by atoms with Crippen LogP contribution in [0.25, 0.3) is 0 Å². The molecule has 2 heteroatoms. The largest absolute Gasteiger partial charge is 0.379 e. The Kier molecular flexibility index (Phi) is 2.38. The molecule has 0 radical (unpaired) electrons. The Balaban J connectivity index is 1.89. The van der Waals surface area contributed by atoms with Crippen LogP contribution in [0.1, 0.15) is 40.0 Å². The molecular formula is C14H25NO. The lowest BCUT2D eigenvalue weighted by Crippen LogP contribution is -2.75. The lowest BCUT2D eigenvalue weighted by Gasteiger charge is -2.72. The summed E-state index contributed by atoms with van der Waals surface area (Å²) in [6.45, 7) is 11.7. The van der Waals surface area contributed by atoms with E-state index in [1.165, 1.54) is 19.3 Å². The molecule has 92 valence electrons. The van der Waals surface area contributed by atoms with Crippen molar-refractivity contribution in [2.45, 2.75) is 45.6 Å². The van der Waals surface area contributed by atoms with Crippen molar-refractivity contribution < 1.29 is 4.74 Å². The molecule has 4 fully saturated rings. The standard InChI is InChI=1S/C14H25NO/c1-11-4-5-12-10-14(11,13(12,2)3)15-6-8-16-9-7-15/h11-12H,4-10H2,1-3H3. The molecule has 2 nitrogen and oxygen atoms in total. The van der Waals surface area contributed by atoms with Gasteiger partial charge in [0.05, 0.1) is 13.2 Å². The van der Waals surface area contributed by atoms with Gasteiger partial charge in [-0.2, -0.15) is 0 Å². The smallest absolute Gasteiger partial charge is 0.0594 e. The number of morpholine rings is 1.